The van der Waals surface area contributed by atoms with Crippen LogP contribution >= 0.6 is 11.6 Å². The van der Waals surface area contributed by atoms with E-state index in [1.54, 1.807) is 36.4 Å². The molecule has 0 saturated carbocycles. The highest BCUT2D eigenvalue weighted by atomic mass is 35.5. The molecule has 28 heavy (non-hydrogen) atoms. The van der Waals surface area contributed by atoms with Gasteiger partial charge in [-0.1, -0.05) is 48.0 Å². The summed E-state index contributed by atoms with van der Waals surface area (Å²) in [7, 11) is -2.77. The van der Waals surface area contributed by atoms with Crippen molar-refractivity contribution in [3.05, 3.63) is 71.2 Å². The van der Waals surface area contributed by atoms with Crippen LogP contribution in [0.3, 0.4) is 0 Å². The lowest BCUT2D eigenvalue weighted by atomic mass is 10.1. The first-order valence-electron chi connectivity index (χ1n) is 8.18. The monoisotopic (exact) mass is 414 g/mol. The number of nitriles is 1. The number of nitrogens with zero attached hydrogens (tertiary/aromatic N) is 2. The summed E-state index contributed by atoms with van der Waals surface area (Å²) in [6, 6.07) is 18.0. The fourth-order valence-electron chi connectivity index (χ4n) is 2.70. The lowest BCUT2D eigenvalue weighted by Gasteiger charge is -2.17. The zero-order chi connectivity index (χ0) is 20.3. The highest BCUT2D eigenvalue weighted by Crippen LogP contribution is 2.31. The summed E-state index contributed by atoms with van der Waals surface area (Å²) in [5.74, 6) is -0.471. The number of carbonyl (C=O) groups is 1. The van der Waals surface area contributed by atoms with E-state index in [-0.39, 0.29) is 16.2 Å². The van der Waals surface area contributed by atoms with E-state index in [2.05, 4.69) is 0 Å². The fourth-order valence-corrected chi connectivity index (χ4v) is 4.18. The second kappa shape index (κ2) is 7.98. The Kier molecular flexibility index (Phi) is 5.66. The molecule has 3 aromatic carbocycles. The Hall–Kier alpha value is -2.92. The van der Waals surface area contributed by atoms with Gasteiger partial charge in [0, 0.05) is 22.8 Å². The van der Waals surface area contributed by atoms with Crippen LogP contribution in [0.1, 0.15) is 5.56 Å². The number of likely N-dealkylation sites (N-methyl/N-ethyl adjacent to an activating group) is 1. The molecule has 0 saturated heterocycles. The molecule has 0 aromatic heterocycles. The maximum Gasteiger partial charge on any atom is 0.326 e. The minimum absolute atomic E-state index is 0.00594. The first-order valence-corrected chi connectivity index (χ1v) is 10.00. The van der Waals surface area contributed by atoms with Crippen LogP contribution < -0.4 is 4.74 Å². The van der Waals surface area contributed by atoms with E-state index in [1.807, 2.05) is 12.1 Å². The summed E-state index contributed by atoms with van der Waals surface area (Å²) in [6.45, 7) is -0.515. The van der Waals surface area contributed by atoms with Gasteiger partial charge in [-0.2, -0.15) is 9.57 Å². The molecule has 0 aliphatic heterocycles. The number of halogens is 1. The van der Waals surface area contributed by atoms with Gasteiger partial charge in [-0.25, -0.2) is 8.42 Å². The van der Waals surface area contributed by atoms with Crippen LogP contribution in [0.25, 0.3) is 10.8 Å². The SMILES string of the molecule is CN(CC(=O)Oc1ccc(Cl)c2ccccc12)S(=O)(=O)c1ccccc1C#N. The van der Waals surface area contributed by atoms with E-state index in [1.165, 1.54) is 25.2 Å². The van der Waals surface area contributed by atoms with Crippen molar-refractivity contribution < 1.29 is 17.9 Å². The van der Waals surface area contributed by atoms with Crippen molar-refractivity contribution in [2.24, 2.45) is 0 Å². The van der Waals surface area contributed by atoms with Gasteiger partial charge in [0.2, 0.25) is 10.0 Å². The molecule has 8 heteroatoms. The Morgan fingerprint density at radius 1 is 1.07 bits per heavy atom. The van der Waals surface area contributed by atoms with E-state index in [4.69, 9.17) is 21.6 Å². The topological polar surface area (TPSA) is 87.5 Å². The molecule has 0 heterocycles. The average Bonchev–Trinajstić information content (AvgIpc) is 2.70. The maximum absolute atomic E-state index is 12.7. The Balaban J connectivity index is 1.82. The van der Waals surface area contributed by atoms with E-state index < -0.39 is 22.5 Å². The van der Waals surface area contributed by atoms with Crippen LogP contribution in [-0.4, -0.2) is 32.3 Å². The molecule has 3 rings (SSSR count). The van der Waals surface area contributed by atoms with Gasteiger partial charge in [-0.15, -0.1) is 0 Å². The van der Waals surface area contributed by atoms with Crippen molar-refractivity contribution in [2.75, 3.05) is 13.6 Å². The standard InChI is InChI=1S/C20H15ClN2O4S/c1-23(28(25,26)19-9-5-2-6-14(19)12-22)13-20(24)27-18-11-10-17(21)15-7-3-4-8-16(15)18/h2-11H,13H2,1H3. The van der Waals surface area contributed by atoms with Gasteiger partial charge in [0.25, 0.3) is 0 Å². The minimum atomic E-state index is -4.03. The lowest BCUT2D eigenvalue weighted by Crippen LogP contribution is -2.34. The van der Waals surface area contributed by atoms with Crippen molar-refractivity contribution in [2.45, 2.75) is 4.90 Å². The number of fused-ring (bicyclic) bond motifs is 1. The number of benzene rings is 3. The highest BCUT2D eigenvalue weighted by Gasteiger charge is 2.26. The molecule has 0 bridgehead atoms. The summed E-state index contributed by atoms with van der Waals surface area (Å²) < 4.78 is 31.6. The summed E-state index contributed by atoms with van der Waals surface area (Å²) >= 11 is 6.15. The Morgan fingerprint density at radius 3 is 2.43 bits per heavy atom. The normalized spacial score (nSPS) is 11.4. The Labute approximate surface area is 167 Å². The quantitative estimate of drug-likeness (QED) is 0.470. The van der Waals surface area contributed by atoms with Crippen LogP contribution in [0.5, 0.6) is 5.75 Å². The summed E-state index contributed by atoms with van der Waals surface area (Å²) in [4.78, 5) is 12.2. The van der Waals surface area contributed by atoms with Crippen LogP contribution in [-0.2, 0) is 14.8 Å². The van der Waals surface area contributed by atoms with Crippen LogP contribution in [0.15, 0.2) is 65.6 Å². The molecular weight excluding hydrogens is 400 g/mol. The Bertz CT molecular complexity index is 1200. The number of hydrogen-bond acceptors (Lipinski definition) is 5. The number of sulfonamides is 1. The molecule has 0 aliphatic rings. The van der Waals surface area contributed by atoms with Gasteiger partial charge in [0.05, 0.1) is 10.5 Å². The maximum atomic E-state index is 12.7. The zero-order valence-electron chi connectivity index (χ0n) is 14.8. The Morgan fingerprint density at radius 2 is 1.71 bits per heavy atom. The third-order valence-electron chi connectivity index (χ3n) is 4.10. The predicted molar refractivity (Wildman–Crippen MR) is 106 cm³/mol. The van der Waals surface area contributed by atoms with Gasteiger partial charge < -0.3 is 4.74 Å². The van der Waals surface area contributed by atoms with E-state index in [0.29, 0.717) is 10.4 Å². The van der Waals surface area contributed by atoms with Gasteiger partial charge in [0.1, 0.15) is 18.4 Å². The van der Waals surface area contributed by atoms with Gasteiger partial charge in [-0.05, 0) is 24.3 Å². The van der Waals surface area contributed by atoms with Crippen LogP contribution in [0.4, 0.5) is 0 Å². The van der Waals surface area contributed by atoms with Crippen molar-refractivity contribution in [3.63, 3.8) is 0 Å². The van der Waals surface area contributed by atoms with Gasteiger partial charge >= 0.3 is 5.97 Å². The smallest absolute Gasteiger partial charge is 0.326 e. The molecule has 0 N–H and O–H groups in total. The van der Waals surface area contributed by atoms with Crippen molar-refractivity contribution in [1.82, 2.24) is 4.31 Å². The molecule has 0 aliphatic carbocycles. The lowest BCUT2D eigenvalue weighted by molar-refractivity contribution is -0.134. The third-order valence-corrected chi connectivity index (χ3v) is 6.29. The molecular formula is C20H15ClN2O4S. The second-order valence-electron chi connectivity index (χ2n) is 5.93. The second-order valence-corrected chi connectivity index (χ2v) is 8.35. The predicted octanol–water partition coefficient (Wildman–Crippen LogP) is 3.59. The summed E-state index contributed by atoms with van der Waals surface area (Å²) in [6.07, 6.45) is 0. The first kappa shape index (κ1) is 19.8. The highest BCUT2D eigenvalue weighted by molar-refractivity contribution is 7.89. The summed E-state index contributed by atoms with van der Waals surface area (Å²) in [5.41, 5.74) is 0.00594. The van der Waals surface area contributed by atoms with Crippen molar-refractivity contribution in [1.29, 1.82) is 5.26 Å². The van der Waals surface area contributed by atoms with Crippen molar-refractivity contribution >= 4 is 38.4 Å². The fraction of sp³-hybridized carbons (Fsp3) is 0.100. The van der Waals surface area contributed by atoms with E-state index in [0.717, 1.165) is 9.69 Å². The number of hydrogen-bond donors (Lipinski definition) is 0. The number of esters is 1. The molecule has 0 radical (unpaired) electrons. The molecule has 0 amide bonds. The largest absolute Gasteiger partial charge is 0.425 e. The van der Waals surface area contributed by atoms with Gasteiger partial charge in [-0.3, -0.25) is 4.79 Å². The van der Waals surface area contributed by atoms with Crippen molar-refractivity contribution in [3.8, 4) is 11.8 Å². The molecule has 3 aromatic rings. The van der Waals surface area contributed by atoms with E-state index in [9.17, 15) is 13.2 Å². The zero-order valence-corrected chi connectivity index (χ0v) is 16.4. The average molecular weight is 415 g/mol. The molecule has 0 spiro atoms. The molecule has 142 valence electrons. The first-order chi connectivity index (χ1) is 13.3. The number of rotatable bonds is 5. The molecule has 0 unspecified atom stereocenters. The third kappa shape index (κ3) is 3.85. The van der Waals surface area contributed by atoms with Crippen LogP contribution in [0, 0.1) is 11.3 Å². The number of carbonyl (C=O) groups excluding carboxylic acids is 1. The minimum Gasteiger partial charge on any atom is -0.425 e. The van der Waals surface area contributed by atoms with Crippen LogP contribution in [0.2, 0.25) is 5.02 Å². The molecule has 0 atom stereocenters. The number of ether oxygens (including phenoxy) is 1. The summed E-state index contributed by atoms with van der Waals surface area (Å²) in [5, 5.41) is 11.0. The van der Waals surface area contributed by atoms with Gasteiger partial charge in [0.15, 0.2) is 0 Å². The molecule has 0 fully saturated rings. The molecule has 6 nitrogen and oxygen atoms in total. The van der Waals surface area contributed by atoms with E-state index >= 15 is 0 Å².